The van der Waals surface area contributed by atoms with Gasteiger partial charge >= 0.3 is 0 Å². The van der Waals surface area contributed by atoms with E-state index in [4.69, 9.17) is 0 Å². The summed E-state index contributed by atoms with van der Waals surface area (Å²) >= 11 is 0. The fourth-order valence-electron chi connectivity index (χ4n) is 4.81. The first-order chi connectivity index (χ1) is 14.0. The lowest BCUT2D eigenvalue weighted by Gasteiger charge is -2.35. The minimum atomic E-state index is -0.0108. The summed E-state index contributed by atoms with van der Waals surface area (Å²) in [6.45, 7) is 4.43. The van der Waals surface area contributed by atoms with Crippen LogP contribution in [0.3, 0.4) is 0 Å². The summed E-state index contributed by atoms with van der Waals surface area (Å²) in [5.41, 5.74) is 6.83. The molecule has 2 aliphatic carbocycles. The number of hydrogen-bond acceptors (Lipinski definition) is 2. The highest BCUT2D eigenvalue weighted by molar-refractivity contribution is 6.20. The van der Waals surface area contributed by atoms with Crippen LogP contribution in [0.5, 0.6) is 0 Å². The quantitative estimate of drug-likeness (QED) is 0.474. The van der Waals surface area contributed by atoms with Crippen LogP contribution in [0.2, 0.25) is 0 Å². The first-order valence-electron chi connectivity index (χ1n) is 10.0. The second-order valence-electron chi connectivity index (χ2n) is 8.53. The van der Waals surface area contributed by atoms with E-state index in [2.05, 4.69) is 44.2 Å². The van der Waals surface area contributed by atoms with Crippen molar-refractivity contribution in [1.82, 2.24) is 0 Å². The average Bonchev–Trinajstić information content (AvgIpc) is 2.73. The number of hydrogen-bond donors (Lipinski definition) is 0. The summed E-state index contributed by atoms with van der Waals surface area (Å²) in [6, 6.07) is 20.3. The van der Waals surface area contributed by atoms with Crippen molar-refractivity contribution in [1.29, 1.82) is 5.26 Å². The Labute approximate surface area is 170 Å². The van der Waals surface area contributed by atoms with Crippen molar-refractivity contribution in [3.8, 4) is 17.2 Å². The molecule has 2 nitrogen and oxygen atoms in total. The molecule has 0 spiro atoms. The zero-order valence-electron chi connectivity index (χ0n) is 16.6. The minimum absolute atomic E-state index is 0.0108. The van der Waals surface area contributed by atoms with Crippen LogP contribution in [-0.2, 0) is 0 Å². The summed E-state index contributed by atoms with van der Waals surface area (Å²) in [4.78, 5) is 13.5. The zero-order chi connectivity index (χ0) is 20.2. The fraction of sp³-hybridized carbons (Fsp3) is 0.185. The molecule has 2 heteroatoms. The molecule has 3 aromatic carbocycles. The Kier molecular flexibility index (Phi) is 3.83. The van der Waals surface area contributed by atoms with E-state index in [1.165, 1.54) is 11.1 Å². The van der Waals surface area contributed by atoms with Crippen LogP contribution in [0.15, 0.2) is 72.3 Å². The average molecular weight is 375 g/mol. The zero-order valence-corrected chi connectivity index (χ0v) is 16.6. The number of allylic oxidation sites excluding steroid dienone is 4. The van der Waals surface area contributed by atoms with E-state index >= 15 is 0 Å². The van der Waals surface area contributed by atoms with Gasteiger partial charge in [0, 0.05) is 22.8 Å². The summed E-state index contributed by atoms with van der Waals surface area (Å²) in [7, 11) is 0. The van der Waals surface area contributed by atoms with Crippen LogP contribution in [0.25, 0.3) is 27.5 Å². The van der Waals surface area contributed by atoms with Crippen molar-refractivity contribution < 1.29 is 4.79 Å². The van der Waals surface area contributed by atoms with Crippen molar-refractivity contribution in [2.45, 2.75) is 26.7 Å². The van der Waals surface area contributed by atoms with Crippen LogP contribution in [0, 0.1) is 16.7 Å². The molecular weight excluding hydrogens is 354 g/mol. The van der Waals surface area contributed by atoms with Crippen LogP contribution >= 0.6 is 0 Å². The third-order valence-corrected chi connectivity index (χ3v) is 6.35. The number of nitriles is 1. The molecule has 140 valence electrons. The van der Waals surface area contributed by atoms with Crippen LogP contribution in [0.4, 0.5) is 0 Å². The molecule has 0 unspecified atom stereocenters. The highest BCUT2D eigenvalue weighted by Gasteiger charge is 2.35. The molecule has 0 saturated heterocycles. The summed E-state index contributed by atoms with van der Waals surface area (Å²) in [6.07, 6.45) is 5.79. The van der Waals surface area contributed by atoms with Crippen LogP contribution in [-0.4, -0.2) is 5.78 Å². The standard InChI is InChI=1S/C27H21NO/c1-27(2)14-6-9-21-22-13-12-20-18(16-28)10-11-19(17-7-4-3-5-8-17)25(20)26(22)24(29)15-23(21)27/h3-13H,14-15H2,1-2H3. The Bertz CT molecular complexity index is 1280. The largest absolute Gasteiger partial charge is 0.294 e. The van der Waals surface area contributed by atoms with Crippen molar-refractivity contribution in [2.24, 2.45) is 5.41 Å². The van der Waals surface area contributed by atoms with Gasteiger partial charge in [-0.1, -0.05) is 74.5 Å². The van der Waals surface area contributed by atoms with Crippen molar-refractivity contribution in [3.05, 3.63) is 89.0 Å². The molecular formula is C27H21NO. The number of rotatable bonds is 1. The molecule has 5 rings (SSSR count). The molecule has 0 N–H and O–H groups in total. The Morgan fingerprint density at radius 3 is 2.48 bits per heavy atom. The molecule has 0 heterocycles. The van der Waals surface area contributed by atoms with Crippen LogP contribution < -0.4 is 0 Å². The maximum absolute atomic E-state index is 13.5. The molecule has 0 atom stereocenters. The van der Waals surface area contributed by atoms with E-state index in [9.17, 15) is 10.1 Å². The van der Waals surface area contributed by atoms with Gasteiger partial charge in [0.25, 0.3) is 0 Å². The van der Waals surface area contributed by atoms with E-state index < -0.39 is 0 Å². The lowest BCUT2D eigenvalue weighted by molar-refractivity contribution is 0.0985. The van der Waals surface area contributed by atoms with Gasteiger partial charge in [0.2, 0.25) is 0 Å². The van der Waals surface area contributed by atoms with Crippen LogP contribution in [0.1, 0.15) is 48.2 Å². The SMILES string of the molecule is CC1(C)CC=CC2=C1CC(=O)c1c2ccc2c(C#N)ccc(-c3ccccc3)c12. The molecule has 0 saturated carbocycles. The molecule has 29 heavy (non-hydrogen) atoms. The predicted molar refractivity (Wildman–Crippen MR) is 118 cm³/mol. The third-order valence-electron chi connectivity index (χ3n) is 6.35. The van der Waals surface area contributed by atoms with E-state index in [1.54, 1.807) is 0 Å². The number of carbonyl (C=O) groups is 1. The van der Waals surface area contributed by atoms with Gasteiger partial charge in [0.05, 0.1) is 11.6 Å². The third kappa shape index (κ3) is 2.58. The maximum atomic E-state index is 13.5. The molecule has 0 amide bonds. The molecule has 0 radical (unpaired) electrons. The molecule has 0 aromatic heterocycles. The molecule has 0 aliphatic heterocycles. The highest BCUT2D eigenvalue weighted by Crippen LogP contribution is 2.48. The van der Waals surface area contributed by atoms with E-state index in [0.717, 1.165) is 39.4 Å². The first kappa shape index (κ1) is 17.6. The first-order valence-corrected chi connectivity index (χ1v) is 10.0. The van der Waals surface area contributed by atoms with Gasteiger partial charge in [0.15, 0.2) is 5.78 Å². The maximum Gasteiger partial charge on any atom is 0.168 e. The molecule has 0 bridgehead atoms. The smallest absolute Gasteiger partial charge is 0.168 e. The number of ketones is 1. The topological polar surface area (TPSA) is 40.9 Å². The molecule has 3 aromatic rings. The second kappa shape index (κ2) is 6.29. The summed E-state index contributed by atoms with van der Waals surface area (Å²) < 4.78 is 0. The number of Topliss-reactive ketones (excluding diaryl/α,β-unsaturated/α-hetero) is 1. The Morgan fingerprint density at radius 2 is 1.72 bits per heavy atom. The second-order valence-corrected chi connectivity index (χ2v) is 8.53. The summed E-state index contributed by atoms with van der Waals surface area (Å²) in [5.74, 6) is 0.153. The summed E-state index contributed by atoms with van der Waals surface area (Å²) in [5, 5.41) is 11.4. The van der Waals surface area contributed by atoms with E-state index in [0.29, 0.717) is 12.0 Å². The van der Waals surface area contributed by atoms with E-state index in [-0.39, 0.29) is 11.2 Å². The van der Waals surface area contributed by atoms with Gasteiger partial charge in [0.1, 0.15) is 0 Å². The van der Waals surface area contributed by atoms with Gasteiger partial charge in [-0.15, -0.1) is 0 Å². The Balaban J connectivity index is 1.92. The lowest BCUT2D eigenvalue weighted by Crippen LogP contribution is -2.24. The van der Waals surface area contributed by atoms with Crippen molar-refractivity contribution in [2.75, 3.05) is 0 Å². The predicted octanol–water partition coefficient (Wildman–Crippen LogP) is 6.70. The van der Waals surface area contributed by atoms with Gasteiger partial charge < -0.3 is 0 Å². The lowest BCUT2D eigenvalue weighted by atomic mass is 9.68. The minimum Gasteiger partial charge on any atom is -0.294 e. The van der Waals surface area contributed by atoms with E-state index in [1.807, 2.05) is 42.5 Å². The number of benzene rings is 3. The van der Waals surface area contributed by atoms with Gasteiger partial charge in [-0.3, -0.25) is 4.79 Å². The van der Waals surface area contributed by atoms with Gasteiger partial charge in [-0.2, -0.15) is 5.26 Å². The van der Waals surface area contributed by atoms with Gasteiger partial charge in [-0.25, -0.2) is 0 Å². The molecule has 0 fully saturated rings. The number of carbonyl (C=O) groups excluding carboxylic acids is 1. The normalized spacial score (nSPS) is 17.1. The number of fused-ring (bicyclic) bond motifs is 4. The monoisotopic (exact) mass is 375 g/mol. The molecule has 2 aliphatic rings. The van der Waals surface area contributed by atoms with Gasteiger partial charge in [-0.05, 0) is 45.7 Å². The Hall–Kier alpha value is -3.44. The van der Waals surface area contributed by atoms with Crippen molar-refractivity contribution >= 4 is 22.1 Å². The number of nitrogens with zero attached hydrogens (tertiary/aromatic N) is 1. The Morgan fingerprint density at radius 1 is 0.966 bits per heavy atom. The van der Waals surface area contributed by atoms with Crippen molar-refractivity contribution in [3.63, 3.8) is 0 Å². The highest BCUT2D eigenvalue weighted by atomic mass is 16.1. The fourth-order valence-corrected chi connectivity index (χ4v) is 4.81.